The zero-order chi connectivity index (χ0) is 23.3. The minimum atomic E-state index is -0.731. The number of carbonyl (C=O) groups excluding carboxylic acids is 1. The number of thiazole rings is 1. The van der Waals surface area contributed by atoms with E-state index in [2.05, 4.69) is 15.6 Å². The van der Waals surface area contributed by atoms with Crippen molar-refractivity contribution >= 4 is 40.5 Å². The van der Waals surface area contributed by atoms with Crippen molar-refractivity contribution in [2.24, 2.45) is 11.7 Å². The van der Waals surface area contributed by atoms with Gasteiger partial charge in [0.15, 0.2) is 0 Å². The second-order valence-electron chi connectivity index (χ2n) is 8.22. The molecule has 10 heteroatoms. The zero-order valence-corrected chi connectivity index (χ0v) is 19.4. The summed E-state index contributed by atoms with van der Waals surface area (Å²) in [5, 5.41) is 15.4. The van der Waals surface area contributed by atoms with Crippen LogP contribution in [0.25, 0.3) is 0 Å². The third kappa shape index (κ3) is 6.48. The SMILES string of the molecule is CNC(CC(N)c1ncc(C2CCC(CC(=O)O)CC2)s1)C(=O)Nc1ccc(F)c(Cl)c1. The first-order valence-electron chi connectivity index (χ1n) is 10.6. The first-order chi connectivity index (χ1) is 15.3. The van der Waals surface area contributed by atoms with Crippen molar-refractivity contribution in [3.05, 3.63) is 45.1 Å². The van der Waals surface area contributed by atoms with Gasteiger partial charge in [-0.3, -0.25) is 9.59 Å². The summed E-state index contributed by atoms with van der Waals surface area (Å²) in [5.74, 6) is -0.939. The minimum absolute atomic E-state index is 0.0622. The highest BCUT2D eigenvalue weighted by Crippen LogP contribution is 2.39. The van der Waals surface area contributed by atoms with Crippen LogP contribution in [0.1, 0.15) is 60.4 Å². The number of carbonyl (C=O) groups is 2. The number of halogens is 2. The van der Waals surface area contributed by atoms with Gasteiger partial charge in [0.1, 0.15) is 10.8 Å². The van der Waals surface area contributed by atoms with Gasteiger partial charge in [-0.2, -0.15) is 0 Å². The molecule has 1 fully saturated rings. The summed E-state index contributed by atoms with van der Waals surface area (Å²) in [5.41, 5.74) is 6.77. The molecule has 0 bridgehead atoms. The van der Waals surface area contributed by atoms with Gasteiger partial charge in [-0.05, 0) is 69.2 Å². The fourth-order valence-electron chi connectivity index (χ4n) is 4.07. The standard InChI is InChI=1S/C22H28ClFN4O3S/c1-26-18(21(31)28-14-6-7-16(24)15(23)9-14)10-17(25)22-27-11-19(32-22)13-4-2-12(3-5-13)8-20(29)30/h6-7,9,11-13,17-18,26H,2-5,8,10,25H2,1H3,(H,28,31)(H,29,30). The quantitative estimate of drug-likeness (QED) is 0.423. The Bertz CT molecular complexity index is 949. The molecule has 0 radical (unpaired) electrons. The van der Waals surface area contributed by atoms with Crippen molar-refractivity contribution in [1.82, 2.24) is 10.3 Å². The van der Waals surface area contributed by atoms with Crippen LogP contribution in [0, 0.1) is 11.7 Å². The van der Waals surface area contributed by atoms with Gasteiger partial charge in [-0.25, -0.2) is 9.37 Å². The van der Waals surface area contributed by atoms with Crippen molar-refractivity contribution in [3.63, 3.8) is 0 Å². The Morgan fingerprint density at radius 3 is 2.69 bits per heavy atom. The maximum Gasteiger partial charge on any atom is 0.303 e. The molecule has 1 aliphatic carbocycles. The fourth-order valence-corrected chi connectivity index (χ4v) is 5.36. The van der Waals surface area contributed by atoms with Gasteiger partial charge in [0.25, 0.3) is 0 Å². The number of carboxylic acid groups (broad SMARTS) is 1. The summed E-state index contributed by atoms with van der Waals surface area (Å²) in [6.07, 6.45) is 6.17. The molecule has 0 saturated heterocycles. The molecule has 1 aromatic heterocycles. The normalized spacial score (nSPS) is 20.5. The zero-order valence-electron chi connectivity index (χ0n) is 17.8. The summed E-state index contributed by atoms with van der Waals surface area (Å²) < 4.78 is 13.3. The van der Waals surface area contributed by atoms with E-state index in [9.17, 15) is 14.0 Å². The van der Waals surface area contributed by atoms with E-state index in [0.717, 1.165) is 35.6 Å². The number of carboxylic acids is 1. The van der Waals surface area contributed by atoms with Crippen LogP contribution in [-0.4, -0.2) is 35.1 Å². The third-order valence-electron chi connectivity index (χ3n) is 5.91. The number of nitrogens with one attached hydrogen (secondary N) is 2. The highest BCUT2D eigenvalue weighted by Gasteiger charge is 2.27. The largest absolute Gasteiger partial charge is 0.481 e. The maximum absolute atomic E-state index is 13.3. The molecule has 5 N–H and O–H groups in total. The van der Waals surface area contributed by atoms with Crippen molar-refractivity contribution < 1.29 is 19.1 Å². The number of likely N-dealkylation sites (N-methyl/N-ethyl adjacent to an activating group) is 1. The Kier molecular flexibility index (Phi) is 8.58. The third-order valence-corrected chi connectivity index (χ3v) is 7.49. The van der Waals surface area contributed by atoms with Crippen LogP contribution >= 0.6 is 22.9 Å². The summed E-state index contributed by atoms with van der Waals surface area (Å²) >= 11 is 7.34. The molecule has 1 aromatic carbocycles. The first-order valence-corrected chi connectivity index (χ1v) is 11.8. The second-order valence-corrected chi connectivity index (χ2v) is 9.72. The Labute approximate surface area is 195 Å². The van der Waals surface area contributed by atoms with E-state index in [1.165, 1.54) is 18.2 Å². The Morgan fingerprint density at radius 1 is 1.34 bits per heavy atom. The molecule has 2 unspecified atom stereocenters. The van der Waals surface area contributed by atoms with Gasteiger partial charge in [-0.15, -0.1) is 11.3 Å². The summed E-state index contributed by atoms with van der Waals surface area (Å²) in [6.45, 7) is 0. The van der Waals surface area contributed by atoms with Crippen LogP contribution in [0.15, 0.2) is 24.4 Å². The fraction of sp³-hybridized carbons (Fsp3) is 0.500. The highest BCUT2D eigenvalue weighted by atomic mass is 35.5. The predicted octanol–water partition coefficient (Wildman–Crippen LogP) is 4.30. The number of aliphatic carboxylic acids is 1. The molecule has 174 valence electrons. The van der Waals surface area contributed by atoms with E-state index in [4.69, 9.17) is 22.4 Å². The number of hydrogen-bond acceptors (Lipinski definition) is 6. The summed E-state index contributed by atoms with van der Waals surface area (Å²) in [4.78, 5) is 29.2. The molecule has 0 spiro atoms. The molecule has 2 aromatic rings. The highest BCUT2D eigenvalue weighted by molar-refractivity contribution is 7.11. The number of amides is 1. The predicted molar refractivity (Wildman–Crippen MR) is 123 cm³/mol. The van der Waals surface area contributed by atoms with Crippen molar-refractivity contribution in [3.8, 4) is 0 Å². The number of hydrogen-bond donors (Lipinski definition) is 4. The Balaban J connectivity index is 1.56. The molecule has 3 rings (SSSR count). The minimum Gasteiger partial charge on any atom is -0.481 e. The molecule has 2 atom stereocenters. The van der Waals surface area contributed by atoms with Crippen LogP contribution in [0.5, 0.6) is 0 Å². The van der Waals surface area contributed by atoms with E-state index in [1.807, 2.05) is 6.20 Å². The molecule has 7 nitrogen and oxygen atoms in total. The van der Waals surface area contributed by atoms with Gasteiger partial charge in [0.2, 0.25) is 5.91 Å². The van der Waals surface area contributed by atoms with E-state index < -0.39 is 23.9 Å². The molecule has 1 saturated carbocycles. The molecular formula is C22H28ClFN4O3S. The number of benzene rings is 1. The van der Waals surface area contributed by atoms with Crippen LogP contribution in [0.3, 0.4) is 0 Å². The van der Waals surface area contributed by atoms with Crippen molar-refractivity contribution in [1.29, 1.82) is 0 Å². The van der Waals surface area contributed by atoms with Gasteiger partial charge in [0.05, 0.1) is 17.1 Å². The Hall–Kier alpha value is -2.07. The van der Waals surface area contributed by atoms with E-state index in [1.54, 1.807) is 18.4 Å². The monoisotopic (exact) mass is 482 g/mol. The van der Waals surface area contributed by atoms with E-state index in [0.29, 0.717) is 18.0 Å². The summed E-state index contributed by atoms with van der Waals surface area (Å²) in [7, 11) is 1.68. The van der Waals surface area contributed by atoms with Crippen LogP contribution in [0.2, 0.25) is 5.02 Å². The lowest BCUT2D eigenvalue weighted by molar-refractivity contribution is -0.138. The summed E-state index contributed by atoms with van der Waals surface area (Å²) in [6, 6.07) is 3.03. The smallest absolute Gasteiger partial charge is 0.303 e. The molecular weight excluding hydrogens is 455 g/mol. The number of rotatable bonds is 9. The lowest BCUT2D eigenvalue weighted by atomic mass is 9.80. The first kappa shape index (κ1) is 24.6. The van der Waals surface area contributed by atoms with Crippen molar-refractivity contribution in [2.45, 2.75) is 56.5 Å². The van der Waals surface area contributed by atoms with Crippen LogP contribution < -0.4 is 16.4 Å². The molecule has 1 amide bonds. The molecule has 1 heterocycles. The van der Waals surface area contributed by atoms with E-state index >= 15 is 0 Å². The number of anilines is 1. The number of aromatic nitrogens is 1. The van der Waals surface area contributed by atoms with Gasteiger partial charge in [0, 0.05) is 23.2 Å². The molecule has 32 heavy (non-hydrogen) atoms. The lowest BCUT2D eigenvalue weighted by Gasteiger charge is -2.26. The number of nitrogens with two attached hydrogens (primary N) is 1. The molecule has 0 aliphatic heterocycles. The number of nitrogens with zero attached hydrogens (tertiary/aromatic N) is 1. The Morgan fingerprint density at radius 2 is 2.06 bits per heavy atom. The van der Waals surface area contributed by atoms with Gasteiger partial charge >= 0.3 is 5.97 Å². The second kappa shape index (κ2) is 11.2. The topological polar surface area (TPSA) is 117 Å². The average Bonchev–Trinajstić information content (AvgIpc) is 3.25. The average molecular weight is 483 g/mol. The lowest BCUT2D eigenvalue weighted by Crippen LogP contribution is -2.40. The van der Waals surface area contributed by atoms with Crippen LogP contribution in [0.4, 0.5) is 10.1 Å². The van der Waals surface area contributed by atoms with Crippen molar-refractivity contribution in [2.75, 3.05) is 12.4 Å². The maximum atomic E-state index is 13.3. The van der Waals surface area contributed by atoms with Crippen LogP contribution in [-0.2, 0) is 9.59 Å². The molecule has 1 aliphatic rings. The van der Waals surface area contributed by atoms with Gasteiger partial charge < -0.3 is 21.5 Å². The van der Waals surface area contributed by atoms with E-state index in [-0.39, 0.29) is 23.3 Å². The van der Waals surface area contributed by atoms with Gasteiger partial charge in [-0.1, -0.05) is 11.6 Å².